The maximum absolute atomic E-state index is 13.2. The fourth-order valence-electron chi connectivity index (χ4n) is 4.23. The molecule has 0 spiro atoms. The van der Waals surface area contributed by atoms with Crippen LogP contribution in [0.15, 0.2) is 54.1 Å². The monoisotopic (exact) mass is 450 g/mol. The lowest BCUT2D eigenvalue weighted by Crippen LogP contribution is -2.38. The molecule has 1 unspecified atom stereocenters. The molecule has 1 heterocycles. The molecule has 0 saturated carbocycles. The van der Waals surface area contributed by atoms with Gasteiger partial charge in [0.1, 0.15) is 11.5 Å². The SMILES string of the molecule is CCN(CC)CCN1C(=O)C(=O)/C(=C(\O)c2cccc(OC(C)C)c2)C1c1cccc(C)c1. The summed E-state index contributed by atoms with van der Waals surface area (Å²) in [7, 11) is 0. The van der Waals surface area contributed by atoms with Crippen LogP contribution in [0, 0.1) is 6.92 Å². The highest BCUT2D eigenvalue weighted by Gasteiger charge is 2.46. The topological polar surface area (TPSA) is 70.1 Å². The van der Waals surface area contributed by atoms with Gasteiger partial charge in [-0.2, -0.15) is 0 Å². The Morgan fingerprint density at radius 3 is 2.42 bits per heavy atom. The number of likely N-dealkylation sites (tertiary alicyclic amines) is 1. The third-order valence-electron chi connectivity index (χ3n) is 5.93. The van der Waals surface area contributed by atoms with Gasteiger partial charge in [0.2, 0.25) is 0 Å². The smallest absolute Gasteiger partial charge is 0.295 e. The molecule has 33 heavy (non-hydrogen) atoms. The van der Waals surface area contributed by atoms with Gasteiger partial charge in [-0.05, 0) is 51.6 Å². The highest BCUT2D eigenvalue weighted by molar-refractivity contribution is 6.46. The number of ether oxygens (including phenoxy) is 1. The van der Waals surface area contributed by atoms with Crippen molar-refractivity contribution in [2.24, 2.45) is 0 Å². The molecule has 1 aliphatic rings. The number of Topliss-reactive ketones (excluding diaryl/α,β-unsaturated/α-hetero) is 1. The molecule has 6 nitrogen and oxygen atoms in total. The number of amides is 1. The summed E-state index contributed by atoms with van der Waals surface area (Å²) in [5.41, 5.74) is 2.40. The average Bonchev–Trinajstić information content (AvgIpc) is 3.04. The second-order valence-corrected chi connectivity index (χ2v) is 8.63. The van der Waals surface area contributed by atoms with Gasteiger partial charge in [0.05, 0.1) is 17.7 Å². The van der Waals surface area contributed by atoms with Crippen molar-refractivity contribution in [1.29, 1.82) is 0 Å². The molecular weight excluding hydrogens is 416 g/mol. The van der Waals surface area contributed by atoms with Gasteiger partial charge in [0, 0.05) is 18.7 Å². The molecule has 1 aliphatic heterocycles. The summed E-state index contributed by atoms with van der Waals surface area (Å²) in [6.45, 7) is 12.7. The predicted octanol–water partition coefficient (Wildman–Crippen LogP) is 4.55. The predicted molar refractivity (Wildman–Crippen MR) is 130 cm³/mol. The van der Waals surface area contributed by atoms with Gasteiger partial charge >= 0.3 is 0 Å². The van der Waals surface area contributed by atoms with Gasteiger partial charge in [-0.1, -0.05) is 55.8 Å². The number of rotatable bonds is 9. The van der Waals surface area contributed by atoms with Crippen LogP contribution < -0.4 is 4.74 Å². The average molecular weight is 451 g/mol. The van der Waals surface area contributed by atoms with Crippen molar-refractivity contribution in [3.05, 3.63) is 70.8 Å². The summed E-state index contributed by atoms with van der Waals surface area (Å²) in [5, 5.41) is 11.3. The molecule has 0 bridgehead atoms. The number of carbonyl (C=O) groups excluding carboxylic acids is 2. The molecule has 3 rings (SSSR count). The van der Waals surface area contributed by atoms with E-state index in [0.29, 0.717) is 24.4 Å². The number of aliphatic hydroxyl groups is 1. The van der Waals surface area contributed by atoms with E-state index in [1.54, 1.807) is 29.2 Å². The lowest BCUT2D eigenvalue weighted by molar-refractivity contribution is -0.140. The second kappa shape index (κ2) is 10.7. The molecule has 6 heteroatoms. The number of carbonyl (C=O) groups is 2. The maximum atomic E-state index is 13.2. The third kappa shape index (κ3) is 5.45. The Kier molecular flexibility index (Phi) is 7.92. The minimum atomic E-state index is -0.659. The maximum Gasteiger partial charge on any atom is 0.295 e. The van der Waals surface area contributed by atoms with Crippen LogP contribution in [0.2, 0.25) is 0 Å². The second-order valence-electron chi connectivity index (χ2n) is 8.63. The highest BCUT2D eigenvalue weighted by atomic mass is 16.5. The van der Waals surface area contributed by atoms with Crippen molar-refractivity contribution < 1.29 is 19.4 Å². The number of aliphatic hydroxyl groups excluding tert-OH is 1. The van der Waals surface area contributed by atoms with E-state index in [1.807, 2.05) is 45.0 Å². The van der Waals surface area contributed by atoms with Crippen LogP contribution in [0.1, 0.15) is 50.4 Å². The lowest BCUT2D eigenvalue weighted by atomic mass is 9.94. The van der Waals surface area contributed by atoms with Crippen LogP contribution in [-0.2, 0) is 9.59 Å². The highest BCUT2D eigenvalue weighted by Crippen LogP contribution is 2.39. The Hall–Kier alpha value is -3.12. The Morgan fingerprint density at radius 1 is 1.09 bits per heavy atom. The number of aryl methyl sites for hydroxylation is 1. The van der Waals surface area contributed by atoms with Crippen LogP contribution in [0.25, 0.3) is 5.76 Å². The zero-order valence-corrected chi connectivity index (χ0v) is 20.2. The van der Waals surface area contributed by atoms with E-state index in [-0.39, 0.29) is 17.4 Å². The Bertz CT molecular complexity index is 1040. The summed E-state index contributed by atoms with van der Waals surface area (Å²) in [5.74, 6) is -0.824. The van der Waals surface area contributed by atoms with Crippen molar-refractivity contribution in [2.75, 3.05) is 26.2 Å². The normalized spacial score (nSPS) is 17.9. The van der Waals surface area contributed by atoms with Gasteiger partial charge in [-0.25, -0.2) is 0 Å². The van der Waals surface area contributed by atoms with Crippen LogP contribution >= 0.6 is 0 Å². The van der Waals surface area contributed by atoms with Crippen LogP contribution in [0.3, 0.4) is 0 Å². The number of hydrogen-bond acceptors (Lipinski definition) is 5. The zero-order chi connectivity index (χ0) is 24.1. The number of nitrogens with zero attached hydrogens (tertiary/aromatic N) is 2. The fourth-order valence-corrected chi connectivity index (χ4v) is 4.23. The third-order valence-corrected chi connectivity index (χ3v) is 5.93. The van der Waals surface area contributed by atoms with E-state index in [2.05, 4.69) is 18.7 Å². The minimum absolute atomic E-state index is 0.0275. The molecule has 1 atom stereocenters. The molecule has 0 aromatic heterocycles. The van der Waals surface area contributed by atoms with E-state index >= 15 is 0 Å². The Morgan fingerprint density at radius 2 is 1.79 bits per heavy atom. The van der Waals surface area contributed by atoms with Gasteiger partial charge in [0.25, 0.3) is 11.7 Å². The summed E-state index contributed by atoms with van der Waals surface area (Å²) < 4.78 is 5.75. The minimum Gasteiger partial charge on any atom is -0.507 e. The summed E-state index contributed by atoms with van der Waals surface area (Å²) in [6, 6.07) is 14.1. The molecule has 1 amide bonds. The number of hydrogen-bond donors (Lipinski definition) is 1. The van der Waals surface area contributed by atoms with Crippen molar-refractivity contribution in [3.63, 3.8) is 0 Å². The Labute approximate surface area is 196 Å². The summed E-state index contributed by atoms with van der Waals surface area (Å²) in [6.07, 6.45) is -0.0275. The largest absolute Gasteiger partial charge is 0.507 e. The molecule has 2 aromatic carbocycles. The molecule has 176 valence electrons. The van der Waals surface area contributed by atoms with Gasteiger partial charge in [0.15, 0.2) is 0 Å². The lowest BCUT2D eigenvalue weighted by Gasteiger charge is -2.28. The van der Waals surface area contributed by atoms with Crippen LogP contribution in [0.4, 0.5) is 0 Å². The van der Waals surface area contributed by atoms with Crippen molar-refractivity contribution in [3.8, 4) is 5.75 Å². The molecule has 2 aromatic rings. The van der Waals surface area contributed by atoms with E-state index in [9.17, 15) is 14.7 Å². The van der Waals surface area contributed by atoms with Crippen molar-refractivity contribution in [1.82, 2.24) is 9.80 Å². The van der Waals surface area contributed by atoms with E-state index < -0.39 is 17.7 Å². The van der Waals surface area contributed by atoms with Gasteiger partial charge < -0.3 is 19.6 Å². The molecule has 1 N–H and O–H groups in total. The summed E-state index contributed by atoms with van der Waals surface area (Å²) >= 11 is 0. The number of ketones is 1. The van der Waals surface area contributed by atoms with E-state index in [4.69, 9.17) is 4.74 Å². The first kappa shape index (κ1) is 24.5. The first-order chi connectivity index (χ1) is 15.8. The molecule has 0 radical (unpaired) electrons. The first-order valence-electron chi connectivity index (χ1n) is 11.6. The molecular formula is C27H34N2O4. The van der Waals surface area contributed by atoms with Gasteiger partial charge in [-0.3, -0.25) is 9.59 Å². The van der Waals surface area contributed by atoms with Gasteiger partial charge in [-0.15, -0.1) is 0 Å². The standard InChI is InChI=1S/C27H34N2O4/c1-6-28(7-2)14-15-29-24(20-11-8-10-19(5)16-20)23(26(31)27(29)32)25(30)21-12-9-13-22(17-21)33-18(3)4/h8-13,16-18,24,30H,6-7,14-15H2,1-5H3/b25-23-. The van der Waals surface area contributed by atoms with Crippen molar-refractivity contribution in [2.45, 2.75) is 46.8 Å². The van der Waals surface area contributed by atoms with Crippen LogP contribution in [-0.4, -0.2) is 58.9 Å². The molecule has 1 saturated heterocycles. The van der Waals surface area contributed by atoms with E-state index in [0.717, 1.165) is 24.2 Å². The van der Waals surface area contributed by atoms with Crippen molar-refractivity contribution >= 4 is 17.4 Å². The fraction of sp³-hybridized carbons (Fsp3) is 0.407. The zero-order valence-electron chi connectivity index (χ0n) is 20.2. The first-order valence-corrected chi connectivity index (χ1v) is 11.6. The molecule has 0 aliphatic carbocycles. The summed E-state index contributed by atoms with van der Waals surface area (Å²) in [4.78, 5) is 30.1. The van der Waals surface area contributed by atoms with Crippen LogP contribution in [0.5, 0.6) is 5.75 Å². The number of likely N-dealkylation sites (N-methyl/N-ethyl adjacent to an activating group) is 1. The Balaban J connectivity index is 2.09. The quantitative estimate of drug-likeness (QED) is 0.345. The molecule has 1 fully saturated rings. The number of benzene rings is 2. The van der Waals surface area contributed by atoms with E-state index in [1.165, 1.54) is 0 Å².